The second-order valence-corrected chi connectivity index (χ2v) is 7.99. The summed E-state index contributed by atoms with van der Waals surface area (Å²) in [7, 11) is 1.32. The first-order valence-electron chi connectivity index (χ1n) is 10.4. The molecular weight excluding hydrogens is 430 g/mol. The van der Waals surface area contributed by atoms with Crippen molar-refractivity contribution >= 4 is 5.91 Å². The molecule has 1 heterocycles. The molecule has 3 rings (SSSR count). The SMILES string of the molecule is COc1cccc(-n2cc(C(=O)N[C@H](C)c3cccc(C(C)(F)CO)c3C)ccc2=O)c1F. The Labute approximate surface area is 190 Å². The van der Waals surface area contributed by atoms with Gasteiger partial charge in [-0.2, -0.15) is 0 Å². The Hall–Kier alpha value is -3.52. The first-order chi connectivity index (χ1) is 15.6. The predicted octanol–water partition coefficient (Wildman–Crippen LogP) is 3.96. The van der Waals surface area contributed by atoms with Crippen LogP contribution < -0.4 is 15.6 Å². The van der Waals surface area contributed by atoms with Crippen molar-refractivity contribution < 1.29 is 23.4 Å². The molecule has 174 valence electrons. The number of aromatic nitrogens is 1. The number of nitrogens with zero attached hydrogens (tertiary/aromatic N) is 1. The molecular formula is C25H26F2N2O4. The molecule has 33 heavy (non-hydrogen) atoms. The van der Waals surface area contributed by atoms with Crippen molar-refractivity contribution in [3.8, 4) is 11.4 Å². The second-order valence-electron chi connectivity index (χ2n) is 7.99. The van der Waals surface area contributed by atoms with E-state index >= 15 is 0 Å². The van der Waals surface area contributed by atoms with Gasteiger partial charge in [-0.1, -0.05) is 24.3 Å². The van der Waals surface area contributed by atoms with Crippen molar-refractivity contribution in [1.29, 1.82) is 0 Å². The third-order valence-corrected chi connectivity index (χ3v) is 5.64. The van der Waals surface area contributed by atoms with Crippen molar-refractivity contribution in [2.24, 2.45) is 0 Å². The normalized spacial score (nSPS) is 13.8. The molecule has 1 aromatic heterocycles. The van der Waals surface area contributed by atoms with E-state index in [0.717, 1.165) is 4.57 Å². The number of carbonyl (C=O) groups is 1. The fourth-order valence-electron chi connectivity index (χ4n) is 3.78. The summed E-state index contributed by atoms with van der Waals surface area (Å²) in [6, 6.07) is 11.4. The summed E-state index contributed by atoms with van der Waals surface area (Å²) in [5, 5.41) is 12.2. The molecule has 6 nitrogen and oxygen atoms in total. The molecule has 1 unspecified atom stereocenters. The number of rotatable bonds is 7. The third-order valence-electron chi connectivity index (χ3n) is 5.64. The number of pyridine rings is 1. The molecule has 0 fully saturated rings. The summed E-state index contributed by atoms with van der Waals surface area (Å²) in [6.45, 7) is 4.10. The van der Waals surface area contributed by atoms with Gasteiger partial charge in [0.05, 0.1) is 31.0 Å². The number of amides is 1. The van der Waals surface area contributed by atoms with Crippen LogP contribution in [0.3, 0.4) is 0 Å². The van der Waals surface area contributed by atoms with Gasteiger partial charge in [0, 0.05) is 12.3 Å². The van der Waals surface area contributed by atoms with E-state index in [2.05, 4.69) is 5.32 Å². The Morgan fingerprint density at radius 3 is 2.58 bits per heavy atom. The molecule has 8 heteroatoms. The fourth-order valence-corrected chi connectivity index (χ4v) is 3.78. The minimum atomic E-state index is -1.92. The number of hydrogen-bond acceptors (Lipinski definition) is 4. The average molecular weight is 456 g/mol. The topological polar surface area (TPSA) is 80.6 Å². The van der Waals surface area contributed by atoms with Gasteiger partial charge in [0.25, 0.3) is 11.5 Å². The maximum absolute atomic E-state index is 14.7. The van der Waals surface area contributed by atoms with Crippen LogP contribution in [-0.2, 0) is 5.67 Å². The second kappa shape index (κ2) is 9.54. The largest absolute Gasteiger partial charge is 0.494 e. The molecule has 0 spiro atoms. The lowest BCUT2D eigenvalue weighted by Gasteiger charge is -2.24. The van der Waals surface area contributed by atoms with Crippen LogP contribution in [0.25, 0.3) is 5.69 Å². The Bertz CT molecular complexity index is 1240. The number of ether oxygens (including phenoxy) is 1. The Kier molecular flexibility index (Phi) is 6.98. The lowest BCUT2D eigenvalue weighted by Crippen LogP contribution is -2.30. The minimum absolute atomic E-state index is 0.0269. The highest BCUT2D eigenvalue weighted by Gasteiger charge is 2.28. The molecule has 3 aromatic rings. The number of aliphatic hydroxyl groups excluding tert-OH is 1. The first kappa shape index (κ1) is 24.1. The Morgan fingerprint density at radius 1 is 1.21 bits per heavy atom. The van der Waals surface area contributed by atoms with E-state index in [1.54, 1.807) is 38.1 Å². The van der Waals surface area contributed by atoms with E-state index < -0.39 is 35.6 Å². The van der Waals surface area contributed by atoms with Gasteiger partial charge in [0.15, 0.2) is 17.2 Å². The van der Waals surface area contributed by atoms with Gasteiger partial charge < -0.3 is 15.2 Å². The van der Waals surface area contributed by atoms with Crippen LogP contribution in [0.4, 0.5) is 8.78 Å². The van der Waals surface area contributed by atoms with Crippen molar-refractivity contribution in [1.82, 2.24) is 9.88 Å². The maximum Gasteiger partial charge on any atom is 0.255 e. The summed E-state index contributed by atoms with van der Waals surface area (Å²) >= 11 is 0. The van der Waals surface area contributed by atoms with E-state index in [4.69, 9.17) is 4.74 Å². The average Bonchev–Trinajstić information content (AvgIpc) is 2.79. The summed E-state index contributed by atoms with van der Waals surface area (Å²) in [4.78, 5) is 25.3. The zero-order chi connectivity index (χ0) is 24.3. The zero-order valence-corrected chi connectivity index (χ0v) is 18.9. The van der Waals surface area contributed by atoms with Crippen molar-refractivity contribution in [2.75, 3.05) is 13.7 Å². The van der Waals surface area contributed by atoms with Crippen molar-refractivity contribution in [3.63, 3.8) is 0 Å². The van der Waals surface area contributed by atoms with E-state index in [9.17, 15) is 23.5 Å². The number of methoxy groups -OCH3 is 1. The van der Waals surface area contributed by atoms with Gasteiger partial charge >= 0.3 is 0 Å². The number of carbonyl (C=O) groups excluding carboxylic acids is 1. The Balaban J connectivity index is 1.92. The van der Waals surface area contributed by atoms with Crippen LogP contribution in [0.2, 0.25) is 0 Å². The highest BCUT2D eigenvalue weighted by molar-refractivity contribution is 5.94. The highest BCUT2D eigenvalue weighted by Crippen LogP contribution is 2.31. The molecule has 0 aliphatic heterocycles. The van der Waals surface area contributed by atoms with E-state index in [0.29, 0.717) is 16.7 Å². The quantitative estimate of drug-likeness (QED) is 0.564. The summed E-state index contributed by atoms with van der Waals surface area (Å²) < 4.78 is 35.4. The van der Waals surface area contributed by atoms with Crippen LogP contribution in [0.15, 0.2) is 59.5 Å². The van der Waals surface area contributed by atoms with Crippen LogP contribution >= 0.6 is 0 Å². The highest BCUT2D eigenvalue weighted by atomic mass is 19.1. The van der Waals surface area contributed by atoms with Gasteiger partial charge in [-0.15, -0.1) is 0 Å². The molecule has 2 aromatic carbocycles. The van der Waals surface area contributed by atoms with Crippen molar-refractivity contribution in [3.05, 3.63) is 93.2 Å². The fraction of sp³-hybridized carbons (Fsp3) is 0.280. The molecule has 0 aliphatic carbocycles. The van der Waals surface area contributed by atoms with Gasteiger partial charge in [0.2, 0.25) is 0 Å². The zero-order valence-electron chi connectivity index (χ0n) is 18.9. The summed E-state index contributed by atoms with van der Waals surface area (Å²) in [5.74, 6) is -1.24. The molecule has 0 aliphatic rings. The lowest BCUT2D eigenvalue weighted by molar-refractivity contribution is 0.0860. The maximum atomic E-state index is 14.7. The monoisotopic (exact) mass is 456 g/mol. The van der Waals surface area contributed by atoms with Crippen molar-refractivity contribution in [2.45, 2.75) is 32.5 Å². The summed E-state index contributed by atoms with van der Waals surface area (Å²) in [6.07, 6.45) is 1.26. The van der Waals surface area contributed by atoms with Gasteiger partial charge in [-0.3, -0.25) is 14.2 Å². The van der Waals surface area contributed by atoms with Crippen LogP contribution in [0, 0.1) is 12.7 Å². The van der Waals surface area contributed by atoms with Crippen LogP contribution in [0.5, 0.6) is 5.75 Å². The molecule has 1 amide bonds. The standard InChI is InChI=1S/C25H26F2N2O4/c1-15-18(7-5-8-19(15)25(3,27)14-30)16(2)28-24(32)17-11-12-22(31)29(13-17)20-9-6-10-21(33-4)23(20)26/h5-13,16,30H,14H2,1-4H3,(H,28,32)/t16-,25?/m1/s1. The number of alkyl halides is 1. The molecule has 0 saturated carbocycles. The number of halogens is 2. The first-order valence-corrected chi connectivity index (χ1v) is 10.4. The molecule has 2 atom stereocenters. The van der Waals surface area contributed by atoms with E-state index in [1.165, 1.54) is 44.5 Å². The smallest absolute Gasteiger partial charge is 0.255 e. The minimum Gasteiger partial charge on any atom is -0.494 e. The Morgan fingerprint density at radius 2 is 1.91 bits per heavy atom. The van der Waals surface area contributed by atoms with Gasteiger partial charge in [-0.05, 0) is 55.7 Å². The number of aliphatic hydroxyl groups is 1. The lowest BCUT2D eigenvalue weighted by atomic mass is 9.89. The molecule has 2 N–H and O–H groups in total. The number of hydrogen-bond donors (Lipinski definition) is 2. The molecule has 0 saturated heterocycles. The third kappa shape index (κ3) is 4.80. The summed E-state index contributed by atoms with van der Waals surface area (Å²) in [5.41, 5.74) is -0.689. The number of nitrogens with one attached hydrogen (secondary N) is 1. The predicted molar refractivity (Wildman–Crippen MR) is 121 cm³/mol. The molecule has 0 bridgehead atoms. The van der Waals surface area contributed by atoms with Crippen LogP contribution in [-0.4, -0.2) is 29.3 Å². The molecule has 0 radical (unpaired) electrons. The van der Waals surface area contributed by atoms with Crippen LogP contribution in [0.1, 0.15) is 46.9 Å². The van der Waals surface area contributed by atoms with E-state index in [1.807, 2.05) is 0 Å². The van der Waals surface area contributed by atoms with Gasteiger partial charge in [0.1, 0.15) is 0 Å². The van der Waals surface area contributed by atoms with E-state index in [-0.39, 0.29) is 17.0 Å². The van der Waals surface area contributed by atoms with Gasteiger partial charge in [-0.25, -0.2) is 8.78 Å². The number of benzene rings is 2.